The standard InChI is InChI=1S/C18H15ClF2N2O4/c1-10(27-17-5-4-12(19)8-16(17)23(25)26)18(24)22-6-2-3-11-7-13(20)14(21)9-15(11)22/h4-5,7-10H,2-3,6H2,1H3/t10-/m1/s1. The summed E-state index contributed by atoms with van der Waals surface area (Å²) >= 11 is 5.76. The molecule has 1 amide bonds. The number of nitro groups is 1. The molecule has 0 spiro atoms. The maximum absolute atomic E-state index is 13.6. The van der Waals surface area contributed by atoms with E-state index in [0.717, 1.165) is 18.2 Å². The third kappa shape index (κ3) is 3.85. The Kier molecular flexibility index (Phi) is 5.27. The fraction of sp³-hybridized carbons (Fsp3) is 0.278. The maximum Gasteiger partial charge on any atom is 0.312 e. The lowest BCUT2D eigenvalue weighted by Gasteiger charge is -2.31. The fourth-order valence-corrected chi connectivity index (χ4v) is 3.17. The molecule has 0 fully saturated rings. The molecule has 0 aromatic heterocycles. The quantitative estimate of drug-likeness (QED) is 0.571. The largest absolute Gasteiger partial charge is 0.474 e. The van der Waals surface area contributed by atoms with Gasteiger partial charge >= 0.3 is 5.69 Å². The number of aryl methyl sites for hydroxylation is 1. The van der Waals surface area contributed by atoms with Gasteiger partial charge in [0.15, 0.2) is 23.5 Å². The molecule has 6 nitrogen and oxygen atoms in total. The first kappa shape index (κ1) is 19.0. The number of carbonyl (C=O) groups excluding carboxylic acids is 1. The minimum absolute atomic E-state index is 0.104. The first-order chi connectivity index (χ1) is 12.8. The molecule has 0 aliphatic carbocycles. The van der Waals surface area contributed by atoms with Crippen LogP contribution >= 0.6 is 11.6 Å². The first-order valence-corrected chi connectivity index (χ1v) is 8.55. The number of nitro benzene ring substituents is 1. The number of hydrogen-bond donors (Lipinski definition) is 0. The summed E-state index contributed by atoms with van der Waals surface area (Å²) < 4.78 is 32.6. The van der Waals surface area contributed by atoms with E-state index in [0.29, 0.717) is 24.9 Å². The third-order valence-corrected chi connectivity index (χ3v) is 4.51. The van der Waals surface area contributed by atoms with Crippen LogP contribution in [0.5, 0.6) is 5.75 Å². The fourth-order valence-electron chi connectivity index (χ4n) is 3.00. The molecule has 27 heavy (non-hydrogen) atoms. The Morgan fingerprint density at radius 2 is 2.00 bits per heavy atom. The Bertz CT molecular complexity index is 922. The number of halogens is 3. The SMILES string of the molecule is C[C@@H](Oc1ccc(Cl)cc1[N+](=O)[O-])C(=O)N1CCCc2cc(F)c(F)cc21. The van der Waals surface area contributed by atoms with Crippen molar-refractivity contribution in [3.05, 3.63) is 62.7 Å². The molecular weight excluding hydrogens is 382 g/mol. The zero-order chi connectivity index (χ0) is 19.7. The molecule has 0 unspecified atom stereocenters. The van der Waals surface area contributed by atoms with Crippen molar-refractivity contribution in [3.8, 4) is 5.75 Å². The first-order valence-electron chi connectivity index (χ1n) is 8.18. The molecular formula is C18H15ClF2N2O4. The average Bonchev–Trinajstić information content (AvgIpc) is 2.63. The highest BCUT2D eigenvalue weighted by Crippen LogP contribution is 2.33. The molecule has 0 saturated heterocycles. The van der Waals surface area contributed by atoms with E-state index in [2.05, 4.69) is 0 Å². The van der Waals surface area contributed by atoms with E-state index in [9.17, 15) is 23.7 Å². The number of rotatable bonds is 4. The molecule has 1 atom stereocenters. The predicted molar refractivity (Wildman–Crippen MR) is 95.2 cm³/mol. The lowest BCUT2D eigenvalue weighted by atomic mass is 10.0. The number of hydrogen-bond acceptors (Lipinski definition) is 4. The van der Waals surface area contributed by atoms with Crippen molar-refractivity contribution in [3.63, 3.8) is 0 Å². The van der Waals surface area contributed by atoms with Gasteiger partial charge < -0.3 is 9.64 Å². The van der Waals surface area contributed by atoms with Crippen LogP contribution in [-0.2, 0) is 11.2 Å². The Hall–Kier alpha value is -2.74. The summed E-state index contributed by atoms with van der Waals surface area (Å²) in [5.41, 5.74) is 0.443. The molecule has 0 saturated carbocycles. The molecule has 0 bridgehead atoms. The highest BCUT2D eigenvalue weighted by molar-refractivity contribution is 6.30. The van der Waals surface area contributed by atoms with E-state index in [1.54, 1.807) is 0 Å². The minimum atomic E-state index is -1.08. The van der Waals surface area contributed by atoms with Gasteiger partial charge in [-0.2, -0.15) is 0 Å². The van der Waals surface area contributed by atoms with Crippen LogP contribution < -0.4 is 9.64 Å². The number of fused-ring (bicyclic) bond motifs is 1. The van der Waals surface area contributed by atoms with Crippen LogP contribution in [0.15, 0.2) is 30.3 Å². The monoisotopic (exact) mass is 396 g/mol. The van der Waals surface area contributed by atoms with Crippen molar-refractivity contribution in [1.29, 1.82) is 0 Å². The van der Waals surface area contributed by atoms with Crippen molar-refractivity contribution >= 4 is 28.9 Å². The normalized spacial score (nSPS) is 14.4. The smallest absolute Gasteiger partial charge is 0.312 e. The van der Waals surface area contributed by atoms with E-state index in [1.165, 1.54) is 24.0 Å². The number of ether oxygens (including phenoxy) is 1. The second kappa shape index (κ2) is 7.48. The molecule has 1 aliphatic rings. The Morgan fingerprint density at radius 3 is 2.70 bits per heavy atom. The third-order valence-electron chi connectivity index (χ3n) is 4.28. The number of carbonyl (C=O) groups is 1. The van der Waals surface area contributed by atoms with E-state index in [4.69, 9.17) is 16.3 Å². The van der Waals surface area contributed by atoms with Gasteiger partial charge in [0, 0.05) is 23.7 Å². The molecule has 1 aliphatic heterocycles. The Labute approximate surface area is 158 Å². The number of amides is 1. The van der Waals surface area contributed by atoms with Gasteiger partial charge in [0.25, 0.3) is 5.91 Å². The second-order valence-corrected chi connectivity index (χ2v) is 6.55. The topological polar surface area (TPSA) is 72.7 Å². The van der Waals surface area contributed by atoms with Gasteiger partial charge in [-0.1, -0.05) is 11.6 Å². The van der Waals surface area contributed by atoms with Gasteiger partial charge in [-0.15, -0.1) is 0 Å². The summed E-state index contributed by atoms with van der Waals surface area (Å²) in [7, 11) is 0. The van der Waals surface area contributed by atoms with Crippen molar-refractivity contribution in [2.75, 3.05) is 11.4 Å². The van der Waals surface area contributed by atoms with Crippen LogP contribution in [0.3, 0.4) is 0 Å². The van der Waals surface area contributed by atoms with Crippen LogP contribution in [0.4, 0.5) is 20.2 Å². The van der Waals surface area contributed by atoms with E-state index in [-0.39, 0.29) is 22.1 Å². The van der Waals surface area contributed by atoms with Crippen LogP contribution in [0, 0.1) is 21.7 Å². The molecule has 142 valence electrons. The zero-order valence-electron chi connectivity index (χ0n) is 14.2. The predicted octanol–water partition coefficient (Wildman–Crippen LogP) is 4.27. The van der Waals surface area contributed by atoms with Crippen molar-refractivity contribution < 1.29 is 23.2 Å². The van der Waals surface area contributed by atoms with E-state index in [1.807, 2.05) is 0 Å². The number of benzene rings is 2. The van der Waals surface area contributed by atoms with Crippen molar-refractivity contribution in [2.45, 2.75) is 25.9 Å². The molecule has 0 radical (unpaired) electrons. The molecule has 1 heterocycles. The molecule has 3 rings (SSSR count). The molecule has 2 aromatic carbocycles. The highest BCUT2D eigenvalue weighted by Gasteiger charge is 2.30. The van der Waals surface area contributed by atoms with E-state index < -0.39 is 28.6 Å². The van der Waals surface area contributed by atoms with Crippen LogP contribution in [0.1, 0.15) is 18.9 Å². The van der Waals surface area contributed by atoms with Crippen LogP contribution in [0.25, 0.3) is 0 Å². The highest BCUT2D eigenvalue weighted by atomic mass is 35.5. The van der Waals surface area contributed by atoms with Gasteiger partial charge in [-0.05, 0) is 43.5 Å². The number of anilines is 1. The lowest BCUT2D eigenvalue weighted by molar-refractivity contribution is -0.386. The number of nitrogens with zero attached hydrogens (tertiary/aromatic N) is 2. The van der Waals surface area contributed by atoms with Crippen LogP contribution in [-0.4, -0.2) is 23.5 Å². The Balaban J connectivity index is 1.86. The van der Waals surface area contributed by atoms with Crippen LogP contribution in [0.2, 0.25) is 5.02 Å². The Morgan fingerprint density at radius 1 is 1.30 bits per heavy atom. The lowest BCUT2D eigenvalue weighted by Crippen LogP contribution is -2.43. The van der Waals surface area contributed by atoms with Gasteiger partial charge in [-0.3, -0.25) is 14.9 Å². The van der Waals surface area contributed by atoms with Crippen molar-refractivity contribution in [1.82, 2.24) is 0 Å². The van der Waals surface area contributed by atoms with Crippen molar-refractivity contribution in [2.24, 2.45) is 0 Å². The minimum Gasteiger partial charge on any atom is -0.474 e. The summed E-state index contributed by atoms with van der Waals surface area (Å²) in [6.07, 6.45) is 0.0233. The van der Waals surface area contributed by atoms with E-state index >= 15 is 0 Å². The zero-order valence-corrected chi connectivity index (χ0v) is 15.0. The van der Waals surface area contributed by atoms with Gasteiger partial charge in [0.2, 0.25) is 0 Å². The molecule has 2 aromatic rings. The van der Waals surface area contributed by atoms with Gasteiger partial charge in [0.1, 0.15) is 0 Å². The van der Waals surface area contributed by atoms with Gasteiger partial charge in [-0.25, -0.2) is 8.78 Å². The summed E-state index contributed by atoms with van der Waals surface area (Å²) in [5.74, 6) is -2.63. The summed E-state index contributed by atoms with van der Waals surface area (Å²) in [6.45, 7) is 1.75. The summed E-state index contributed by atoms with van der Waals surface area (Å²) in [4.78, 5) is 24.6. The molecule has 9 heteroatoms. The summed E-state index contributed by atoms with van der Waals surface area (Å²) in [5, 5.41) is 11.3. The average molecular weight is 397 g/mol. The maximum atomic E-state index is 13.6. The van der Waals surface area contributed by atoms with Gasteiger partial charge in [0.05, 0.1) is 10.6 Å². The summed E-state index contributed by atoms with van der Waals surface area (Å²) in [6, 6.07) is 5.92. The molecule has 0 N–H and O–H groups in total. The second-order valence-electron chi connectivity index (χ2n) is 6.12.